The van der Waals surface area contributed by atoms with Crippen LogP contribution in [0.25, 0.3) is 0 Å². The minimum atomic E-state index is 0.496. The monoisotopic (exact) mass is 298 g/mol. The van der Waals surface area contributed by atoms with Crippen molar-refractivity contribution in [3.05, 3.63) is 28.7 Å². The van der Waals surface area contributed by atoms with Gasteiger partial charge in [-0.3, -0.25) is 4.99 Å². The second-order valence-electron chi connectivity index (χ2n) is 3.77. The first-order chi connectivity index (χ1) is 7.78. The van der Waals surface area contributed by atoms with Crippen LogP contribution in [0.2, 0.25) is 0 Å². The lowest BCUT2D eigenvalue weighted by atomic mass is 10.2. The smallest absolute Gasteiger partial charge is 0.161 e. The Hall–Kier alpha value is -0.480. The molecule has 4 heteroatoms. The molecule has 2 nitrogen and oxygen atoms in total. The molecule has 0 spiro atoms. The number of nitrogens with one attached hydrogen (secondary N) is 1. The third kappa shape index (κ3) is 3.25. The van der Waals surface area contributed by atoms with Crippen molar-refractivity contribution in [2.75, 3.05) is 11.1 Å². The number of thioether (sulfide) groups is 1. The van der Waals surface area contributed by atoms with Gasteiger partial charge in [0.1, 0.15) is 0 Å². The number of aliphatic imine (C=N–C) groups is 1. The van der Waals surface area contributed by atoms with Gasteiger partial charge in [0.15, 0.2) is 5.17 Å². The molecule has 1 atom stereocenters. The average Bonchev–Trinajstić information content (AvgIpc) is 2.29. The molecule has 1 N–H and O–H groups in total. The van der Waals surface area contributed by atoms with Crippen molar-refractivity contribution in [1.82, 2.24) is 0 Å². The summed E-state index contributed by atoms with van der Waals surface area (Å²) >= 11 is 5.27. The highest BCUT2D eigenvalue weighted by Crippen LogP contribution is 2.22. The number of amidine groups is 1. The van der Waals surface area contributed by atoms with E-state index >= 15 is 0 Å². The summed E-state index contributed by atoms with van der Waals surface area (Å²) in [5.74, 6) is 1.17. The molecule has 1 aromatic rings. The summed E-state index contributed by atoms with van der Waals surface area (Å²) in [6.45, 7) is 2.20. The van der Waals surface area contributed by atoms with Crippen molar-refractivity contribution in [3.63, 3.8) is 0 Å². The summed E-state index contributed by atoms with van der Waals surface area (Å²) < 4.78 is 1.09. The van der Waals surface area contributed by atoms with Gasteiger partial charge in [0.05, 0.1) is 6.04 Å². The maximum Gasteiger partial charge on any atom is 0.161 e. The van der Waals surface area contributed by atoms with E-state index in [-0.39, 0.29) is 0 Å². The van der Waals surface area contributed by atoms with Crippen molar-refractivity contribution in [3.8, 4) is 0 Å². The standard InChI is InChI=1S/C12H15BrN2S/c1-2-10-6-7-16-12(14-10)15-11-5-3-4-9(13)8-11/h3-5,8,10H,2,6-7H2,1H3,(H,14,15). The molecule has 86 valence electrons. The Balaban J connectivity index is 2.06. The highest BCUT2D eigenvalue weighted by Gasteiger charge is 2.13. The Morgan fingerprint density at radius 2 is 2.44 bits per heavy atom. The largest absolute Gasteiger partial charge is 0.335 e. The van der Waals surface area contributed by atoms with Gasteiger partial charge < -0.3 is 5.32 Å². The number of hydrogen-bond donors (Lipinski definition) is 1. The van der Waals surface area contributed by atoms with Crippen LogP contribution < -0.4 is 5.32 Å². The highest BCUT2D eigenvalue weighted by atomic mass is 79.9. The van der Waals surface area contributed by atoms with Gasteiger partial charge in [0.25, 0.3) is 0 Å². The summed E-state index contributed by atoms with van der Waals surface area (Å²) in [4.78, 5) is 4.68. The molecule has 0 radical (unpaired) electrons. The molecular weight excluding hydrogens is 284 g/mol. The van der Waals surface area contributed by atoms with Gasteiger partial charge >= 0.3 is 0 Å². The highest BCUT2D eigenvalue weighted by molar-refractivity contribution is 9.10. The van der Waals surface area contributed by atoms with Crippen molar-refractivity contribution >= 4 is 38.5 Å². The lowest BCUT2D eigenvalue weighted by Gasteiger charge is -2.19. The van der Waals surface area contributed by atoms with Crippen LogP contribution in [-0.4, -0.2) is 17.0 Å². The summed E-state index contributed by atoms with van der Waals surface area (Å²) in [6.07, 6.45) is 2.33. The molecule has 1 aliphatic rings. The first-order valence-corrected chi connectivity index (χ1v) is 7.29. The molecule has 0 saturated heterocycles. The molecular formula is C12H15BrN2S. The van der Waals surface area contributed by atoms with E-state index in [1.165, 1.54) is 12.2 Å². The summed E-state index contributed by atoms with van der Waals surface area (Å²) in [5.41, 5.74) is 1.09. The minimum absolute atomic E-state index is 0.496. The van der Waals surface area contributed by atoms with Crippen molar-refractivity contribution < 1.29 is 0 Å². The second-order valence-corrected chi connectivity index (χ2v) is 5.77. The molecule has 0 aromatic heterocycles. The Morgan fingerprint density at radius 3 is 3.19 bits per heavy atom. The van der Waals surface area contributed by atoms with E-state index in [2.05, 4.69) is 45.3 Å². The maximum absolute atomic E-state index is 4.68. The van der Waals surface area contributed by atoms with Gasteiger partial charge in [0.2, 0.25) is 0 Å². The van der Waals surface area contributed by atoms with E-state index in [9.17, 15) is 0 Å². The Labute approximate surface area is 109 Å². The van der Waals surface area contributed by atoms with Crippen molar-refractivity contribution in [2.24, 2.45) is 4.99 Å². The Kier molecular flexibility index (Phi) is 4.29. The number of hydrogen-bond acceptors (Lipinski definition) is 3. The maximum atomic E-state index is 4.68. The van der Waals surface area contributed by atoms with E-state index in [4.69, 9.17) is 0 Å². The fourth-order valence-electron chi connectivity index (χ4n) is 1.61. The predicted octanol–water partition coefficient (Wildman–Crippen LogP) is 4.13. The van der Waals surface area contributed by atoms with Gasteiger partial charge in [-0.15, -0.1) is 0 Å². The molecule has 0 aliphatic carbocycles. The van der Waals surface area contributed by atoms with Crippen LogP contribution in [-0.2, 0) is 0 Å². The third-order valence-electron chi connectivity index (χ3n) is 2.54. The van der Waals surface area contributed by atoms with Crippen LogP contribution in [0.4, 0.5) is 5.69 Å². The van der Waals surface area contributed by atoms with E-state index in [0.29, 0.717) is 6.04 Å². The summed E-state index contributed by atoms with van der Waals surface area (Å²) in [7, 11) is 0. The van der Waals surface area contributed by atoms with Crippen molar-refractivity contribution in [1.29, 1.82) is 0 Å². The van der Waals surface area contributed by atoms with Crippen LogP contribution in [0, 0.1) is 0 Å². The average molecular weight is 299 g/mol. The molecule has 16 heavy (non-hydrogen) atoms. The first-order valence-electron chi connectivity index (χ1n) is 5.51. The fourth-order valence-corrected chi connectivity index (χ4v) is 3.01. The van der Waals surface area contributed by atoms with E-state index in [1.807, 2.05) is 12.1 Å². The molecule has 1 heterocycles. The fraction of sp³-hybridized carbons (Fsp3) is 0.417. The van der Waals surface area contributed by atoms with Gasteiger partial charge in [-0.2, -0.15) is 0 Å². The van der Waals surface area contributed by atoms with Crippen LogP contribution >= 0.6 is 27.7 Å². The lowest BCUT2D eigenvalue weighted by Crippen LogP contribution is -2.19. The summed E-state index contributed by atoms with van der Waals surface area (Å²) in [5, 5.41) is 4.42. The molecule has 1 aromatic carbocycles. The lowest BCUT2D eigenvalue weighted by molar-refractivity contribution is 0.634. The minimum Gasteiger partial charge on any atom is -0.335 e. The number of benzene rings is 1. The molecule has 0 saturated carbocycles. The molecule has 1 unspecified atom stereocenters. The van der Waals surface area contributed by atoms with Crippen LogP contribution in [0.3, 0.4) is 0 Å². The molecule has 1 aliphatic heterocycles. The zero-order valence-corrected chi connectivity index (χ0v) is 11.6. The first kappa shape index (κ1) is 12.0. The topological polar surface area (TPSA) is 24.4 Å². The van der Waals surface area contributed by atoms with Crippen molar-refractivity contribution in [2.45, 2.75) is 25.8 Å². The van der Waals surface area contributed by atoms with Gasteiger partial charge in [-0.05, 0) is 31.0 Å². The molecule has 0 bridgehead atoms. The van der Waals surface area contributed by atoms with E-state index in [1.54, 1.807) is 11.8 Å². The van der Waals surface area contributed by atoms with E-state index in [0.717, 1.165) is 21.7 Å². The number of rotatable bonds is 2. The summed E-state index contributed by atoms with van der Waals surface area (Å²) in [6, 6.07) is 8.67. The van der Waals surface area contributed by atoms with Gasteiger partial charge in [0, 0.05) is 15.9 Å². The normalized spacial score (nSPS) is 20.4. The Bertz CT molecular complexity index is 392. The van der Waals surface area contributed by atoms with Crippen LogP contribution in [0.15, 0.2) is 33.7 Å². The van der Waals surface area contributed by atoms with Gasteiger partial charge in [-0.1, -0.05) is 40.7 Å². The zero-order valence-electron chi connectivity index (χ0n) is 9.24. The molecule has 2 rings (SSSR count). The predicted molar refractivity (Wildman–Crippen MR) is 76.4 cm³/mol. The molecule has 0 fully saturated rings. The number of halogens is 1. The Morgan fingerprint density at radius 1 is 1.56 bits per heavy atom. The molecule has 0 amide bonds. The quantitative estimate of drug-likeness (QED) is 0.888. The second kappa shape index (κ2) is 5.73. The zero-order chi connectivity index (χ0) is 11.4. The van der Waals surface area contributed by atoms with Gasteiger partial charge in [-0.25, -0.2) is 0 Å². The van der Waals surface area contributed by atoms with Crippen LogP contribution in [0.1, 0.15) is 19.8 Å². The van der Waals surface area contributed by atoms with E-state index < -0.39 is 0 Å². The SMILES string of the molecule is CCC1CCSC(Nc2cccc(Br)c2)=N1. The third-order valence-corrected chi connectivity index (χ3v) is 3.95. The van der Waals surface area contributed by atoms with Crippen LogP contribution in [0.5, 0.6) is 0 Å². The number of anilines is 1. The number of nitrogens with zero attached hydrogens (tertiary/aromatic N) is 1.